The summed E-state index contributed by atoms with van der Waals surface area (Å²) in [6.45, 7) is 1.07. The molecule has 0 radical (unpaired) electrons. The molecule has 1 N–H and O–H groups in total. The molecule has 4 heterocycles. The molecule has 2 saturated heterocycles. The second-order valence-corrected chi connectivity index (χ2v) is 9.72. The van der Waals surface area contributed by atoms with Crippen LogP contribution in [0.25, 0.3) is 0 Å². The SMILES string of the molecule is CN1CC=C[C@@H]2O[C@]34C=CCN(c5ccc(Cl)cc5)C(=O)C3N(CCCCO)C(=O)[C@@H]4[C@@H]2C1=O. The van der Waals surface area contributed by atoms with Crippen LogP contribution < -0.4 is 4.90 Å². The Morgan fingerprint density at radius 2 is 1.82 bits per heavy atom. The van der Waals surface area contributed by atoms with E-state index in [1.54, 1.807) is 46.0 Å². The number of hydrogen-bond donors (Lipinski definition) is 1. The lowest BCUT2D eigenvalue weighted by atomic mass is 9.77. The van der Waals surface area contributed by atoms with Gasteiger partial charge in [-0.25, -0.2) is 0 Å². The second-order valence-electron chi connectivity index (χ2n) is 9.28. The van der Waals surface area contributed by atoms with Crippen molar-refractivity contribution in [2.75, 3.05) is 38.2 Å². The van der Waals surface area contributed by atoms with E-state index in [9.17, 15) is 19.5 Å². The maximum absolute atomic E-state index is 14.1. The first-order valence-corrected chi connectivity index (χ1v) is 12.0. The fraction of sp³-hybridized carbons (Fsp3) is 0.480. The number of likely N-dealkylation sites (N-methyl/N-ethyl adjacent to an activating group) is 1. The van der Waals surface area contributed by atoms with Crippen LogP contribution >= 0.6 is 11.6 Å². The number of carbonyl (C=O) groups excluding carboxylic acids is 3. The Balaban J connectivity index is 1.59. The Morgan fingerprint density at radius 3 is 2.56 bits per heavy atom. The molecule has 1 spiro atoms. The maximum atomic E-state index is 14.1. The molecular weight excluding hydrogens is 458 g/mol. The van der Waals surface area contributed by atoms with E-state index in [4.69, 9.17) is 16.3 Å². The highest BCUT2D eigenvalue weighted by Gasteiger charge is 2.71. The summed E-state index contributed by atoms with van der Waals surface area (Å²) in [7, 11) is 1.71. The molecule has 1 aromatic carbocycles. The van der Waals surface area contributed by atoms with Crippen LogP contribution in [0.3, 0.4) is 0 Å². The lowest BCUT2D eigenvalue weighted by Gasteiger charge is -2.35. The largest absolute Gasteiger partial charge is 0.396 e. The fourth-order valence-corrected chi connectivity index (χ4v) is 5.88. The summed E-state index contributed by atoms with van der Waals surface area (Å²) >= 11 is 6.05. The predicted octanol–water partition coefficient (Wildman–Crippen LogP) is 1.62. The van der Waals surface area contributed by atoms with Gasteiger partial charge in [-0.05, 0) is 37.1 Å². The fourth-order valence-electron chi connectivity index (χ4n) is 5.75. The number of nitrogens with zero attached hydrogens (tertiary/aromatic N) is 3. The highest BCUT2D eigenvalue weighted by molar-refractivity contribution is 6.30. The molecule has 5 rings (SSSR count). The van der Waals surface area contributed by atoms with Crippen LogP contribution in [-0.2, 0) is 19.1 Å². The summed E-state index contributed by atoms with van der Waals surface area (Å²) in [6, 6.07) is 6.09. The average molecular weight is 486 g/mol. The monoisotopic (exact) mass is 485 g/mol. The van der Waals surface area contributed by atoms with Crippen molar-refractivity contribution in [1.29, 1.82) is 0 Å². The standard InChI is InChI=1S/C25H28ClN3O5/c1-27-12-4-6-18-19(22(27)31)20-23(32)29(13-2-3-15-30)21-24(33)28(14-5-11-25(20,21)34-18)17-9-7-16(26)8-10-17/h4-11,18-21,30H,2-3,12-15H2,1H3/t18-,19+,20-,21?,25-/m0/s1. The number of benzene rings is 1. The number of likely N-dealkylation sites (tertiary alicyclic amines) is 1. The van der Waals surface area contributed by atoms with E-state index >= 15 is 0 Å². The van der Waals surface area contributed by atoms with Crippen molar-refractivity contribution in [2.45, 2.75) is 30.6 Å². The Bertz CT molecular complexity index is 1060. The van der Waals surface area contributed by atoms with Crippen molar-refractivity contribution < 1.29 is 24.2 Å². The number of aliphatic hydroxyl groups is 1. The molecule has 0 aromatic heterocycles. The molecule has 0 bridgehead atoms. The maximum Gasteiger partial charge on any atom is 0.253 e. The first-order chi connectivity index (χ1) is 16.4. The smallest absolute Gasteiger partial charge is 0.253 e. The number of anilines is 1. The highest BCUT2D eigenvalue weighted by Crippen LogP contribution is 2.53. The summed E-state index contributed by atoms with van der Waals surface area (Å²) in [5.41, 5.74) is -0.563. The first kappa shape index (κ1) is 23.1. The van der Waals surface area contributed by atoms with E-state index in [1.165, 1.54) is 0 Å². The summed E-state index contributed by atoms with van der Waals surface area (Å²) in [5.74, 6) is -2.14. The van der Waals surface area contributed by atoms with Gasteiger partial charge < -0.3 is 24.5 Å². The van der Waals surface area contributed by atoms with Crippen LogP contribution in [0.2, 0.25) is 5.02 Å². The Morgan fingerprint density at radius 1 is 1.06 bits per heavy atom. The highest BCUT2D eigenvalue weighted by atomic mass is 35.5. The van der Waals surface area contributed by atoms with Crippen LogP contribution in [0.15, 0.2) is 48.6 Å². The molecule has 0 saturated carbocycles. The zero-order valence-electron chi connectivity index (χ0n) is 19.0. The van der Waals surface area contributed by atoms with Gasteiger partial charge in [-0.3, -0.25) is 14.4 Å². The molecule has 1 aromatic rings. The first-order valence-electron chi connectivity index (χ1n) is 11.6. The predicted molar refractivity (Wildman–Crippen MR) is 126 cm³/mol. The summed E-state index contributed by atoms with van der Waals surface area (Å²) in [4.78, 5) is 46.1. The van der Waals surface area contributed by atoms with E-state index in [2.05, 4.69) is 0 Å². The number of fused-ring (bicyclic) bond motifs is 2. The molecule has 5 atom stereocenters. The third-order valence-corrected chi connectivity index (χ3v) is 7.56. The number of rotatable bonds is 5. The van der Waals surface area contributed by atoms with Crippen LogP contribution in [0.1, 0.15) is 12.8 Å². The normalized spacial score (nSPS) is 32.6. The van der Waals surface area contributed by atoms with Gasteiger partial charge in [0.2, 0.25) is 11.8 Å². The number of aliphatic hydroxyl groups excluding tert-OH is 1. The molecular formula is C25H28ClN3O5. The van der Waals surface area contributed by atoms with Gasteiger partial charge in [-0.1, -0.05) is 35.9 Å². The van der Waals surface area contributed by atoms with E-state index in [0.29, 0.717) is 43.2 Å². The van der Waals surface area contributed by atoms with Crippen molar-refractivity contribution in [3.05, 3.63) is 53.6 Å². The minimum atomic E-state index is -1.23. The number of ether oxygens (including phenoxy) is 1. The summed E-state index contributed by atoms with van der Waals surface area (Å²) < 4.78 is 6.54. The molecule has 4 aliphatic heterocycles. The van der Waals surface area contributed by atoms with E-state index in [-0.39, 0.29) is 24.3 Å². The van der Waals surface area contributed by atoms with Crippen LogP contribution in [-0.4, -0.2) is 83.7 Å². The van der Waals surface area contributed by atoms with E-state index < -0.39 is 29.6 Å². The van der Waals surface area contributed by atoms with E-state index in [1.807, 2.05) is 24.3 Å². The number of hydrogen-bond acceptors (Lipinski definition) is 5. The topological polar surface area (TPSA) is 90.4 Å². The molecule has 180 valence electrons. The molecule has 3 amide bonds. The van der Waals surface area contributed by atoms with Gasteiger partial charge >= 0.3 is 0 Å². The molecule has 4 aliphatic rings. The summed E-state index contributed by atoms with van der Waals surface area (Å²) in [5, 5.41) is 9.84. The number of halogens is 1. The van der Waals surface area contributed by atoms with Crippen molar-refractivity contribution in [2.24, 2.45) is 11.8 Å². The van der Waals surface area contributed by atoms with Crippen LogP contribution in [0.5, 0.6) is 0 Å². The minimum Gasteiger partial charge on any atom is -0.396 e. The molecule has 34 heavy (non-hydrogen) atoms. The lowest BCUT2D eigenvalue weighted by molar-refractivity contribution is -0.143. The number of carbonyl (C=O) groups is 3. The zero-order chi connectivity index (χ0) is 24.0. The third kappa shape index (κ3) is 3.47. The van der Waals surface area contributed by atoms with E-state index in [0.717, 1.165) is 0 Å². The average Bonchev–Trinajstić information content (AvgIpc) is 3.14. The van der Waals surface area contributed by atoms with Gasteiger partial charge in [-0.15, -0.1) is 0 Å². The van der Waals surface area contributed by atoms with Gasteiger partial charge in [-0.2, -0.15) is 0 Å². The van der Waals surface area contributed by atoms with Gasteiger partial charge in [0.1, 0.15) is 11.6 Å². The lowest BCUT2D eigenvalue weighted by Crippen LogP contribution is -2.55. The Hall–Kier alpha value is -2.68. The quantitative estimate of drug-likeness (QED) is 0.505. The van der Waals surface area contributed by atoms with Crippen LogP contribution in [0, 0.1) is 11.8 Å². The van der Waals surface area contributed by atoms with Crippen LogP contribution in [0.4, 0.5) is 5.69 Å². The molecule has 2 fully saturated rings. The van der Waals surface area contributed by atoms with Crippen molar-refractivity contribution >= 4 is 35.0 Å². The summed E-state index contributed by atoms with van der Waals surface area (Å²) in [6.07, 6.45) is 7.88. The number of amides is 3. The molecule has 9 heteroatoms. The second kappa shape index (κ2) is 8.83. The Kier molecular flexibility index (Phi) is 6.00. The van der Waals surface area contributed by atoms with Crippen molar-refractivity contribution in [3.63, 3.8) is 0 Å². The zero-order valence-corrected chi connectivity index (χ0v) is 19.7. The minimum absolute atomic E-state index is 0.00128. The third-order valence-electron chi connectivity index (χ3n) is 7.31. The van der Waals surface area contributed by atoms with Gasteiger partial charge in [0, 0.05) is 44.0 Å². The molecule has 0 aliphatic carbocycles. The molecule has 8 nitrogen and oxygen atoms in total. The van der Waals surface area contributed by atoms with Gasteiger partial charge in [0.05, 0.1) is 17.9 Å². The van der Waals surface area contributed by atoms with Crippen molar-refractivity contribution in [1.82, 2.24) is 9.80 Å². The molecule has 1 unspecified atom stereocenters. The van der Waals surface area contributed by atoms with Gasteiger partial charge in [0.15, 0.2) is 0 Å². The Labute approximate surface area is 203 Å². The van der Waals surface area contributed by atoms with Crippen molar-refractivity contribution in [3.8, 4) is 0 Å². The number of unbranched alkanes of at least 4 members (excludes halogenated alkanes) is 1. The van der Waals surface area contributed by atoms with Gasteiger partial charge in [0.25, 0.3) is 5.91 Å².